The fourth-order valence-corrected chi connectivity index (χ4v) is 3.96. The van der Waals surface area contributed by atoms with Crippen molar-refractivity contribution in [2.24, 2.45) is 0 Å². The minimum absolute atomic E-state index is 0.0858. The molecule has 2 heterocycles. The molecule has 0 saturated heterocycles. The lowest BCUT2D eigenvalue weighted by atomic mass is 10.00. The first-order chi connectivity index (χ1) is 17.7. The number of aliphatic hydroxyl groups excluding tert-OH is 1. The average Bonchev–Trinajstić information content (AvgIpc) is 3.26. The van der Waals surface area contributed by atoms with Gasteiger partial charge in [-0.2, -0.15) is 13.2 Å². The Balaban J connectivity index is 1.85. The van der Waals surface area contributed by atoms with Crippen molar-refractivity contribution in [1.82, 2.24) is 19.9 Å². The standard InChI is InChI=1S/C25H20F6N4O3/c1-12-3-4-15(9-13(12)2)21-33-23(38)19-18(25(29,30)31)17(10-35(19)34-21)22(37)32-20(24(27,28)11-36)14-5-7-16(26)8-6-14/h3-10,20,36H,11H2,1-2H3,(H,32,37)(H,33,34,38). The highest BCUT2D eigenvalue weighted by Gasteiger charge is 2.44. The second kappa shape index (κ2) is 9.63. The van der Waals surface area contributed by atoms with Crippen molar-refractivity contribution in [2.45, 2.75) is 32.0 Å². The third-order valence-electron chi connectivity index (χ3n) is 6.06. The van der Waals surface area contributed by atoms with Gasteiger partial charge >= 0.3 is 6.18 Å². The van der Waals surface area contributed by atoms with Crippen molar-refractivity contribution in [2.75, 3.05) is 6.61 Å². The summed E-state index contributed by atoms with van der Waals surface area (Å²) in [6.45, 7) is 1.86. The Kier molecular flexibility index (Phi) is 6.82. The molecule has 0 aliphatic rings. The van der Waals surface area contributed by atoms with Crippen LogP contribution in [0.2, 0.25) is 0 Å². The van der Waals surface area contributed by atoms with Crippen LogP contribution in [0.25, 0.3) is 16.9 Å². The number of alkyl halides is 5. The lowest BCUT2D eigenvalue weighted by molar-refractivity contribution is -0.136. The van der Waals surface area contributed by atoms with Gasteiger partial charge in [-0.1, -0.05) is 24.3 Å². The number of carbonyl (C=O) groups is 1. The Bertz CT molecular complexity index is 1580. The number of amides is 1. The van der Waals surface area contributed by atoms with Crippen LogP contribution in [0, 0.1) is 19.7 Å². The molecule has 2 aromatic carbocycles. The van der Waals surface area contributed by atoms with E-state index in [-0.39, 0.29) is 11.4 Å². The highest BCUT2D eigenvalue weighted by atomic mass is 19.4. The highest BCUT2D eigenvalue weighted by Crippen LogP contribution is 2.37. The summed E-state index contributed by atoms with van der Waals surface area (Å²) < 4.78 is 85.2. The number of halogens is 6. The molecule has 7 nitrogen and oxygen atoms in total. The van der Waals surface area contributed by atoms with E-state index in [1.165, 1.54) is 0 Å². The molecule has 4 rings (SSSR count). The average molecular weight is 538 g/mol. The van der Waals surface area contributed by atoms with Gasteiger partial charge in [0.2, 0.25) is 0 Å². The molecule has 0 saturated carbocycles. The molecule has 13 heteroatoms. The van der Waals surface area contributed by atoms with Crippen molar-refractivity contribution >= 4 is 11.4 Å². The van der Waals surface area contributed by atoms with Gasteiger partial charge in [-0.15, -0.1) is 5.10 Å². The summed E-state index contributed by atoms with van der Waals surface area (Å²) in [5.74, 6) is -6.51. The number of rotatable bonds is 6. The number of hydrogen-bond donors (Lipinski definition) is 3. The third kappa shape index (κ3) is 5.01. The summed E-state index contributed by atoms with van der Waals surface area (Å²) in [6.07, 6.45) is -4.63. The Morgan fingerprint density at radius 2 is 1.74 bits per heavy atom. The van der Waals surface area contributed by atoms with Gasteiger partial charge in [0.1, 0.15) is 29.5 Å². The molecule has 0 aliphatic carbocycles. The second-order valence-electron chi connectivity index (χ2n) is 8.69. The summed E-state index contributed by atoms with van der Waals surface area (Å²) >= 11 is 0. The molecular weight excluding hydrogens is 518 g/mol. The minimum atomic E-state index is -5.25. The number of nitrogens with zero attached hydrogens (tertiary/aromatic N) is 2. The zero-order chi connectivity index (χ0) is 28.0. The van der Waals surface area contributed by atoms with Crippen LogP contribution in [0.3, 0.4) is 0 Å². The summed E-state index contributed by atoms with van der Waals surface area (Å²) in [7, 11) is 0. The van der Waals surface area contributed by atoms with E-state index in [1.54, 1.807) is 30.4 Å². The van der Waals surface area contributed by atoms with Crippen LogP contribution in [0.5, 0.6) is 0 Å². The smallest absolute Gasteiger partial charge is 0.390 e. The third-order valence-corrected chi connectivity index (χ3v) is 6.06. The van der Waals surface area contributed by atoms with Gasteiger partial charge in [0.15, 0.2) is 5.82 Å². The Morgan fingerprint density at radius 3 is 2.32 bits per heavy atom. The molecule has 3 N–H and O–H groups in total. The molecule has 0 fully saturated rings. The highest BCUT2D eigenvalue weighted by molar-refractivity contribution is 5.98. The first-order valence-electron chi connectivity index (χ1n) is 11.1. The SMILES string of the molecule is Cc1ccc(-c2nn3cc(C(=O)NC(c4ccc(F)cc4)C(F)(F)CO)c(C(F)(F)F)c3c(=O)[nH]2)cc1C. The maximum atomic E-state index is 14.5. The maximum Gasteiger partial charge on any atom is 0.419 e. The van der Waals surface area contributed by atoms with Crippen LogP contribution in [0.15, 0.2) is 53.5 Å². The van der Waals surface area contributed by atoms with Crippen LogP contribution >= 0.6 is 0 Å². The number of benzene rings is 2. The van der Waals surface area contributed by atoms with Crippen molar-refractivity contribution in [3.63, 3.8) is 0 Å². The number of aromatic amines is 1. The van der Waals surface area contributed by atoms with Gasteiger partial charge in [-0.3, -0.25) is 9.59 Å². The van der Waals surface area contributed by atoms with E-state index in [2.05, 4.69) is 10.1 Å². The number of aliphatic hydroxyl groups is 1. The molecule has 0 radical (unpaired) electrons. The zero-order valence-electron chi connectivity index (χ0n) is 19.8. The normalized spacial score (nSPS) is 13.1. The van der Waals surface area contributed by atoms with Crippen molar-refractivity contribution in [3.8, 4) is 11.4 Å². The number of aryl methyl sites for hydroxylation is 2. The predicted octanol–water partition coefficient (Wildman–Crippen LogP) is 4.56. The number of H-pyrrole nitrogens is 1. The number of nitrogens with one attached hydrogen (secondary N) is 2. The summed E-state index contributed by atoms with van der Waals surface area (Å²) in [5.41, 5.74) is -3.28. The number of carbonyl (C=O) groups excluding carboxylic acids is 1. The van der Waals surface area contributed by atoms with Gasteiger partial charge in [-0.25, -0.2) is 17.7 Å². The van der Waals surface area contributed by atoms with E-state index >= 15 is 0 Å². The van der Waals surface area contributed by atoms with E-state index in [4.69, 9.17) is 5.11 Å². The van der Waals surface area contributed by atoms with Crippen LogP contribution in [-0.2, 0) is 6.18 Å². The Hall–Kier alpha value is -4.13. The maximum absolute atomic E-state index is 14.5. The van der Waals surface area contributed by atoms with Crippen LogP contribution < -0.4 is 10.9 Å². The Labute approximate surface area is 210 Å². The molecule has 1 amide bonds. The van der Waals surface area contributed by atoms with E-state index in [0.29, 0.717) is 16.3 Å². The summed E-state index contributed by atoms with van der Waals surface area (Å²) in [4.78, 5) is 28.0. The van der Waals surface area contributed by atoms with E-state index in [9.17, 15) is 35.9 Å². The minimum Gasteiger partial charge on any atom is -0.390 e. The largest absolute Gasteiger partial charge is 0.419 e. The first kappa shape index (κ1) is 26.9. The summed E-state index contributed by atoms with van der Waals surface area (Å²) in [6, 6.07) is 6.08. The molecule has 0 bridgehead atoms. The lowest BCUT2D eigenvalue weighted by Crippen LogP contribution is -2.43. The lowest BCUT2D eigenvalue weighted by Gasteiger charge is -2.26. The van der Waals surface area contributed by atoms with Crippen LogP contribution in [0.1, 0.15) is 38.7 Å². The molecule has 0 spiro atoms. The van der Waals surface area contributed by atoms with Gasteiger partial charge in [0.05, 0.1) is 5.56 Å². The number of aromatic nitrogens is 3. The van der Waals surface area contributed by atoms with Gasteiger partial charge in [-0.05, 0) is 48.7 Å². The number of fused-ring (bicyclic) bond motifs is 1. The van der Waals surface area contributed by atoms with Crippen molar-refractivity contribution in [3.05, 3.63) is 92.6 Å². The van der Waals surface area contributed by atoms with Gasteiger partial charge in [0.25, 0.3) is 17.4 Å². The fourth-order valence-electron chi connectivity index (χ4n) is 3.96. The molecule has 38 heavy (non-hydrogen) atoms. The quantitative estimate of drug-likeness (QED) is 0.314. The molecule has 1 atom stereocenters. The topological polar surface area (TPSA) is 99.5 Å². The molecular formula is C25H20F6N4O3. The molecule has 200 valence electrons. The summed E-state index contributed by atoms with van der Waals surface area (Å²) in [5, 5.41) is 15.0. The van der Waals surface area contributed by atoms with Crippen molar-refractivity contribution in [1.29, 1.82) is 0 Å². The number of hydrogen-bond acceptors (Lipinski definition) is 4. The van der Waals surface area contributed by atoms with Crippen LogP contribution in [-0.4, -0.2) is 38.1 Å². The molecule has 1 unspecified atom stereocenters. The van der Waals surface area contributed by atoms with Gasteiger partial charge < -0.3 is 15.4 Å². The second-order valence-corrected chi connectivity index (χ2v) is 8.69. The van der Waals surface area contributed by atoms with Gasteiger partial charge in [0, 0.05) is 11.8 Å². The van der Waals surface area contributed by atoms with E-state index in [1.807, 2.05) is 6.92 Å². The fraction of sp³-hybridized carbons (Fsp3) is 0.240. The molecule has 0 aliphatic heterocycles. The first-order valence-corrected chi connectivity index (χ1v) is 11.1. The van der Waals surface area contributed by atoms with E-state index in [0.717, 1.165) is 35.4 Å². The predicted molar refractivity (Wildman–Crippen MR) is 124 cm³/mol. The molecule has 2 aromatic heterocycles. The van der Waals surface area contributed by atoms with Crippen molar-refractivity contribution < 1.29 is 36.2 Å². The van der Waals surface area contributed by atoms with Crippen LogP contribution in [0.4, 0.5) is 26.3 Å². The van der Waals surface area contributed by atoms with E-state index < -0.39 is 58.7 Å². The monoisotopic (exact) mass is 538 g/mol. The molecule has 4 aromatic rings. The zero-order valence-corrected chi connectivity index (χ0v) is 19.8. The Morgan fingerprint density at radius 1 is 1.08 bits per heavy atom.